The van der Waals surface area contributed by atoms with E-state index in [1.54, 1.807) is 18.0 Å². The van der Waals surface area contributed by atoms with Crippen LogP contribution in [0.25, 0.3) is 11.1 Å². The van der Waals surface area contributed by atoms with Gasteiger partial charge in [0.1, 0.15) is 6.04 Å². The van der Waals surface area contributed by atoms with E-state index in [2.05, 4.69) is 26.5 Å². The summed E-state index contributed by atoms with van der Waals surface area (Å²) in [5.74, 6) is 0.728. The molecule has 1 aliphatic rings. The van der Waals surface area contributed by atoms with Gasteiger partial charge >= 0.3 is 5.97 Å². The second kappa shape index (κ2) is 14.1. The van der Waals surface area contributed by atoms with Crippen molar-refractivity contribution in [3.8, 4) is 11.1 Å². The molecule has 1 saturated carbocycles. The van der Waals surface area contributed by atoms with Gasteiger partial charge in [-0.05, 0) is 90.6 Å². The summed E-state index contributed by atoms with van der Waals surface area (Å²) in [5, 5.41) is 21.0. The molecule has 2 N–H and O–H groups in total. The molecule has 8 heteroatoms. The predicted octanol–water partition coefficient (Wildman–Crippen LogP) is 5.98. The summed E-state index contributed by atoms with van der Waals surface area (Å²) in [6, 6.07) is 16.8. The van der Waals surface area contributed by atoms with Crippen molar-refractivity contribution in [2.24, 2.45) is 5.92 Å². The Balaban J connectivity index is 1.66. The third-order valence-electron chi connectivity index (χ3n) is 7.44. The third-order valence-corrected chi connectivity index (χ3v) is 8.08. The van der Waals surface area contributed by atoms with E-state index in [4.69, 9.17) is 0 Å². The first kappa shape index (κ1) is 28.6. The number of carbonyl (C=O) groups excluding carboxylic acids is 1. The average molecular weight is 547 g/mol. The number of hydrogen-bond acceptors (Lipinski definition) is 6. The number of carbonyl (C=O) groups is 2. The Morgan fingerprint density at radius 3 is 2.56 bits per heavy atom. The maximum Gasteiger partial charge on any atom is 0.326 e. The number of amides is 1. The fourth-order valence-electron chi connectivity index (χ4n) is 5.32. The Hall–Kier alpha value is -3.39. The molecule has 4 rings (SSSR count). The van der Waals surface area contributed by atoms with Crippen LogP contribution < -0.4 is 10.2 Å². The van der Waals surface area contributed by atoms with Gasteiger partial charge in [-0.3, -0.25) is 4.79 Å². The van der Waals surface area contributed by atoms with Gasteiger partial charge in [0.05, 0.1) is 0 Å². The molecule has 0 spiro atoms. The number of thioether (sulfide) groups is 1. The minimum absolute atomic E-state index is 0.369. The molecule has 1 amide bonds. The lowest BCUT2D eigenvalue weighted by atomic mass is 9.88. The summed E-state index contributed by atoms with van der Waals surface area (Å²) in [6.07, 6.45) is 10.3. The van der Waals surface area contributed by atoms with Gasteiger partial charge in [-0.1, -0.05) is 49.6 Å². The van der Waals surface area contributed by atoms with Crippen molar-refractivity contribution in [1.82, 2.24) is 15.5 Å². The molecule has 206 valence electrons. The van der Waals surface area contributed by atoms with Crippen LogP contribution in [0.2, 0.25) is 0 Å². The van der Waals surface area contributed by atoms with Crippen molar-refractivity contribution in [2.45, 2.75) is 58.0 Å². The summed E-state index contributed by atoms with van der Waals surface area (Å²) in [6.45, 7) is 3.58. The fourth-order valence-corrected chi connectivity index (χ4v) is 5.79. The molecule has 2 aromatic carbocycles. The van der Waals surface area contributed by atoms with Crippen LogP contribution in [0.1, 0.15) is 60.0 Å². The minimum Gasteiger partial charge on any atom is -0.480 e. The molecule has 7 nitrogen and oxygen atoms in total. The van der Waals surface area contributed by atoms with Gasteiger partial charge in [0.15, 0.2) is 5.82 Å². The third kappa shape index (κ3) is 7.82. The lowest BCUT2D eigenvalue weighted by molar-refractivity contribution is -0.139. The highest BCUT2D eigenvalue weighted by Crippen LogP contribution is 2.31. The number of carboxylic acid groups (broad SMARTS) is 1. The lowest BCUT2D eigenvalue weighted by Crippen LogP contribution is -2.41. The second-order valence-corrected chi connectivity index (χ2v) is 11.3. The van der Waals surface area contributed by atoms with Crippen LogP contribution in [0, 0.1) is 12.8 Å². The Bertz CT molecular complexity index is 1250. The van der Waals surface area contributed by atoms with Crippen molar-refractivity contribution in [1.29, 1.82) is 0 Å². The number of carboxylic acids is 1. The van der Waals surface area contributed by atoms with E-state index in [9.17, 15) is 14.7 Å². The lowest BCUT2D eigenvalue weighted by Gasteiger charge is -2.30. The van der Waals surface area contributed by atoms with Crippen LogP contribution in [0.4, 0.5) is 5.82 Å². The largest absolute Gasteiger partial charge is 0.480 e. The normalized spacial score (nSPS) is 14.5. The Morgan fingerprint density at radius 1 is 1.08 bits per heavy atom. The molecule has 0 unspecified atom stereocenters. The van der Waals surface area contributed by atoms with Crippen LogP contribution in [0.5, 0.6) is 0 Å². The summed E-state index contributed by atoms with van der Waals surface area (Å²) in [4.78, 5) is 27.5. The molecule has 3 aromatic rings. The minimum atomic E-state index is -1.02. The van der Waals surface area contributed by atoms with Crippen molar-refractivity contribution < 1.29 is 14.7 Å². The molecular formula is C31H38N4O3S. The molecule has 39 heavy (non-hydrogen) atoms. The molecule has 1 heterocycles. The molecule has 1 atom stereocenters. The molecule has 1 fully saturated rings. The maximum atomic E-state index is 13.4. The number of hydrogen-bond donors (Lipinski definition) is 2. The van der Waals surface area contributed by atoms with E-state index >= 15 is 0 Å². The molecular weight excluding hydrogens is 508 g/mol. The number of rotatable bonds is 12. The first-order chi connectivity index (χ1) is 19.0. The van der Waals surface area contributed by atoms with Gasteiger partial charge in [-0.2, -0.15) is 16.9 Å². The van der Waals surface area contributed by atoms with Gasteiger partial charge in [0.2, 0.25) is 0 Å². The Morgan fingerprint density at radius 2 is 1.87 bits per heavy atom. The van der Waals surface area contributed by atoms with Crippen molar-refractivity contribution in [2.75, 3.05) is 23.5 Å². The van der Waals surface area contributed by atoms with Crippen LogP contribution in [-0.4, -0.2) is 51.8 Å². The molecule has 1 aliphatic carbocycles. The maximum absolute atomic E-state index is 13.4. The molecule has 0 aliphatic heterocycles. The summed E-state index contributed by atoms with van der Waals surface area (Å²) in [7, 11) is 0. The number of benzene rings is 2. The number of aromatic nitrogens is 2. The predicted molar refractivity (Wildman–Crippen MR) is 158 cm³/mol. The first-order valence-corrected chi connectivity index (χ1v) is 15.1. The monoisotopic (exact) mass is 546 g/mol. The Kier molecular flexibility index (Phi) is 10.4. The zero-order valence-corrected chi connectivity index (χ0v) is 23.6. The highest BCUT2D eigenvalue weighted by Gasteiger charge is 2.24. The van der Waals surface area contributed by atoms with E-state index in [1.165, 1.54) is 32.1 Å². The summed E-state index contributed by atoms with van der Waals surface area (Å²) >= 11 is 1.56. The molecule has 0 radical (unpaired) electrons. The van der Waals surface area contributed by atoms with Gasteiger partial charge in [-0.25, -0.2) is 4.79 Å². The van der Waals surface area contributed by atoms with Crippen molar-refractivity contribution >= 4 is 29.5 Å². The van der Waals surface area contributed by atoms with Crippen molar-refractivity contribution in [3.63, 3.8) is 0 Å². The van der Waals surface area contributed by atoms with Gasteiger partial charge in [0, 0.05) is 24.8 Å². The fraction of sp³-hybridized carbons (Fsp3) is 0.419. The number of nitrogens with one attached hydrogen (secondary N) is 1. The smallest absolute Gasteiger partial charge is 0.326 e. The van der Waals surface area contributed by atoms with Gasteiger partial charge < -0.3 is 15.3 Å². The van der Waals surface area contributed by atoms with Crippen LogP contribution in [-0.2, 0) is 11.3 Å². The number of aryl methyl sites for hydroxylation is 1. The molecule has 0 bridgehead atoms. The van der Waals surface area contributed by atoms with Gasteiger partial charge in [-0.15, -0.1) is 5.10 Å². The zero-order chi connectivity index (χ0) is 27.6. The summed E-state index contributed by atoms with van der Waals surface area (Å²) < 4.78 is 0. The SMILES string of the molecule is CSCC[C@H](NC(=O)c1ccc(CN(CC2CCCCC2)c2cccnn2)cc1-c1ccccc1C)C(=O)O. The Labute approximate surface area is 235 Å². The van der Waals surface area contributed by atoms with E-state index in [0.29, 0.717) is 30.2 Å². The number of nitrogens with zero attached hydrogens (tertiary/aromatic N) is 3. The summed E-state index contributed by atoms with van der Waals surface area (Å²) in [5.41, 5.74) is 4.34. The van der Waals surface area contributed by atoms with Crippen molar-refractivity contribution in [3.05, 3.63) is 77.5 Å². The van der Waals surface area contributed by atoms with E-state index in [-0.39, 0.29) is 5.91 Å². The van der Waals surface area contributed by atoms with E-state index in [1.807, 2.05) is 61.7 Å². The number of aliphatic carboxylic acids is 1. The highest BCUT2D eigenvalue weighted by atomic mass is 32.2. The average Bonchev–Trinajstić information content (AvgIpc) is 2.96. The van der Waals surface area contributed by atoms with E-state index < -0.39 is 12.0 Å². The first-order valence-electron chi connectivity index (χ1n) is 13.7. The second-order valence-electron chi connectivity index (χ2n) is 10.3. The van der Waals surface area contributed by atoms with Crippen LogP contribution >= 0.6 is 11.8 Å². The van der Waals surface area contributed by atoms with E-state index in [0.717, 1.165) is 34.6 Å². The molecule has 1 aromatic heterocycles. The van der Waals surface area contributed by atoms with Crippen LogP contribution in [0.3, 0.4) is 0 Å². The van der Waals surface area contributed by atoms with Gasteiger partial charge in [0.25, 0.3) is 5.91 Å². The molecule has 0 saturated heterocycles. The zero-order valence-electron chi connectivity index (χ0n) is 22.8. The number of anilines is 1. The van der Waals surface area contributed by atoms with Crippen LogP contribution in [0.15, 0.2) is 60.8 Å². The quantitative estimate of drug-likeness (QED) is 0.289. The highest BCUT2D eigenvalue weighted by molar-refractivity contribution is 7.98. The standard InChI is InChI=1S/C31H38N4O3S/c1-22-9-6-7-12-25(22)27-19-24(14-15-26(27)30(36)33-28(31(37)38)16-18-39-2)21-35(29-13-8-17-32-34-29)20-23-10-4-3-5-11-23/h6-9,12-15,17,19,23,28H,3-5,10-11,16,18,20-21H2,1-2H3,(H,33,36)(H,37,38)/t28-/m0/s1. The topological polar surface area (TPSA) is 95.4 Å².